The van der Waals surface area contributed by atoms with Gasteiger partial charge < -0.3 is 22.8 Å². The van der Waals surface area contributed by atoms with E-state index in [0.717, 1.165) is 13.0 Å². The second kappa shape index (κ2) is 7.45. The smallest absolute Gasteiger partial charge is 0.375 e. The van der Waals surface area contributed by atoms with Crippen LogP contribution in [0.3, 0.4) is 0 Å². The van der Waals surface area contributed by atoms with Gasteiger partial charge in [-0.25, -0.2) is 0 Å². The van der Waals surface area contributed by atoms with Crippen molar-refractivity contribution in [3.05, 3.63) is 0 Å². The lowest BCUT2D eigenvalue weighted by atomic mass is 10.5. The summed E-state index contributed by atoms with van der Waals surface area (Å²) in [6.07, 6.45) is 1.06. The van der Waals surface area contributed by atoms with Gasteiger partial charge in [-0.15, -0.1) is 0 Å². The van der Waals surface area contributed by atoms with Crippen molar-refractivity contribution in [3.8, 4) is 0 Å². The van der Waals surface area contributed by atoms with Crippen molar-refractivity contribution in [3.63, 3.8) is 0 Å². The number of hydrogen-bond acceptors (Lipinski definition) is 5. The maximum Gasteiger partial charge on any atom is 0.531 e. The van der Waals surface area contributed by atoms with Crippen molar-refractivity contribution in [2.24, 2.45) is 0 Å². The van der Waals surface area contributed by atoms with Crippen molar-refractivity contribution in [2.45, 2.75) is 39.0 Å². The predicted molar refractivity (Wildman–Crippen MR) is 65.8 cm³/mol. The first kappa shape index (κ1) is 15.1. The van der Waals surface area contributed by atoms with Gasteiger partial charge in [-0.1, -0.05) is 6.92 Å². The summed E-state index contributed by atoms with van der Waals surface area (Å²) in [6, 6.07) is 0. The number of hydrogen-bond donors (Lipinski definition) is 0. The van der Waals surface area contributed by atoms with Gasteiger partial charge >= 0.3 is 8.80 Å². The molecular weight excluding hydrogens is 240 g/mol. The molecule has 6 heteroatoms. The summed E-state index contributed by atoms with van der Waals surface area (Å²) in [5, 5.41) is 0. The van der Waals surface area contributed by atoms with E-state index in [1.165, 1.54) is 0 Å². The van der Waals surface area contributed by atoms with Gasteiger partial charge in [-0.3, -0.25) is 0 Å². The molecule has 0 saturated carbocycles. The lowest BCUT2D eigenvalue weighted by Gasteiger charge is -2.33. The van der Waals surface area contributed by atoms with Gasteiger partial charge in [0.1, 0.15) is 11.8 Å². The number of ether oxygens (including phenoxy) is 2. The average Bonchev–Trinajstić information content (AvgIpc) is 3.14. The zero-order valence-corrected chi connectivity index (χ0v) is 12.2. The summed E-state index contributed by atoms with van der Waals surface area (Å²) >= 11 is 0. The van der Waals surface area contributed by atoms with Gasteiger partial charge in [-0.2, -0.15) is 0 Å². The maximum atomic E-state index is 5.84. The van der Waals surface area contributed by atoms with Crippen LogP contribution in [0.15, 0.2) is 0 Å². The van der Waals surface area contributed by atoms with Crippen molar-refractivity contribution in [1.82, 2.24) is 0 Å². The molecular formula is C11H24O5Si. The topological polar surface area (TPSA) is 49.5 Å². The van der Waals surface area contributed by atoms with E-state index in [4.69, 9.17) is 22.8 Å². The van der Waals surface area contributed by atoms with E-state index in [2.05, 4.69) is 6.92 Å². The Bertz CT molecular complexity index is 204. The van der Waals surface area contributed by atoms with E-state index in [1.54, 1.807) is 7.11 Å². The first-order chi connectivity index (χ1) is 8.22. The first-order valence-corrected chi connectivity index (χ1v) is 8.08. The standard InChI is InChI=1S/C11H24O5Si/c1-5-11(14-9-10-8-13-10)17(12-4,15-6-2)16-7-3/h10-11H,5-9H2,1-4H3. The van der Waals surface area contributed by atoms with Crippen LogP contribution in [0.1, 0.15) is 27.2 Å². The molecule has 0 amide bonds. The number of epoxide rings is 1. The lowest BCUT2D eigenvalue weighted by Crippen LogP contribution is -2.57. The van der Waals surface area contributed by atoms with E-state index in [0.29, 0.717) is 19.8 Å². The Morgan fingerprint density at radius 3 is 2.18 bits per heavy atom. The van der Waals surface area contributed by atoms with Crippen molar-refractivity contribution >= 4 is 8.80 Å². The molecule has 1 heterocycles. The normalized spacial score (nSPS) is 21.5. The van der Waals surface area contributed by atoms with Crippen molar-refractivity contribution in [2.75, 3.05) is 33.5 Å². The van der Waals surface area contributed by atoms with E-state index in [1.807, 2.05) is 13.8 Å². The van der Waals surface area contributed by atoms with Crippen LogP contribution in [-0.4, -0.2) is 54.2 Å². The van der Waals surface area contributed by atoms with Gasteiger partial charge in [0.15, 0.2) is 0 Å². The van der Waals surface area contributed by atoms with Crippen LogP contribution in [0.25, 0.3) is 0 Å². The molecule has 0 aromatic carbocycles. The second-order valence-corrected chi connectivity index (χ2v) is 6.70. The van der Waals surface area contributed by atoms with Crippen LogP contribution in [0, 0.1) is 0 Å². The molecule has 1 aliphatic rings. The van der Waals surface area contributed by atoms with Crippen LogP contribution >= 0.6 is 0 Å². The molecule has 5 nitrogen and oxygen atoms in total. The minimum atomic E-state index is -2.72. The SMILES string of the molecule is CCO[Si](OC)(OCC)C(CC)OCC1CO1. The summed E-state index contributed by atoms with van der Waals surface area (Å²) in [4.78, 5) is 0. The molecule has 1 fully saturated rings. The van der Waals surface area contributed by atoms with Crippen molar-refractivity contribution < 1.29 is 22.8 Å². The fourth-order valence-electron chi connectivity index (χ4n) is 1.74. The molecule has 1 rings (SSSR count). The zero-order valence-electron chi connectivity index (χ0n) is 11.2. The quantitative estimate of drug-likeness (QED) is 0.441. The molecule has 0 spiro atoms. The molecule has 0 bridgehead atoms. The Morgan fingerprint density at radius 1 is 1.24 bits per heavy atom. The minimum absolute atomic E-state index is 0.114. The highest BCUT2D eigenvalue weighted by Crippen LogP contribution is 2.21. The molecule has 0 aromatic heterocycles. The summed E-state index contributed by atoms with van der Waals surface area (Å²) in [5.74, 6) is 0. The first-order valence-electron chi connectivity index (χ1n) is 6.28. The molecule has 2 unspecified atom stereocenters. The highest BCUT2D eigenvalue weighted by atomic mass is 28.4. The Kier molecular flexibility index (Phi) is 6.61. The zero-order chi connectivity index (χ0) is 12.7. The van der Waals surface area contributed by atoms with E-state index in [-0.39, 0.29) is 11.8 Å². The van der Waals surface area contributed by atoms with E-state index in [9.17, 15) is 0 Å². The lowest BCUT2D eigenvalue weighted by molar-refractivity contribution is -0.00758. The highest BCUT2D eigenvalue weighted by Gasteiger charge is 2.49. The number of rotatable bonds is 10. The molecule has 0 aromatic rings. The monoisotopic (exact) mass is 264 g/mol. The fourth-order valence-corrected chi connectivity index (χ4v) is 4.30. The van der Waals surface area contributed by atoms with E-state index < -0.39 is 8.80 Å². The minimum Gasteiger partial charge on any atom is -0.375 e. The highest BCUT2D eigenvalue weighted by molar-refractivity contribution is 6.62. The Morgan fingerprint density at radius 2 is 1.82 bits per heavy atom. The Hall–Kier alpha value is 0.0169. The molecule has 1 aliphatic heterocycles. The Labute approximate surface area is 105 Å². The third-order valence-electron chi connectivity index (χ3n) is 2.63. The summed E-state index contributed by atoms with van der Waals surface area (Å²) in [5.41, 5.74) is -0.114. The molecule has 0 aliphatic carbocycles. The third-order valence-corrected chi connectivity index (χ3v) is 5.94. The summed E-state index contributed by atoms with van der Waals surface area (Å²) < 4.78 is 28.0. The third kappa shape index (κ3) is 4.31. The molecule has 1 saturated heterocycles. The van der Waals surface area contributed by atoms with Crippen LogP contribution in [0.4, 0.5) is 0 Å². The van der Waals surface area contributed by atoms with Crippen LogP contribution in [-0.2, 0) is 22.8 Å². The Balaban J connectivity index is 2.59. The molecule has 0 N–H and O–H groups in total. The van der Waals surface area contributed by atoms with Crippen LogP contribution in [0.2, 0.25) is 0 Å². The average molecular weight is 264 g/mol. The van der Waals surface area contributed by atoms with Gasteiger partial charge in [0.25, 0.3) is 0 Å². The van der Waals surface area contributed by atoms with Gasteiger partial charge in [0, 0.05) is 20.3 Å². The van der Waals surface area contributed by atoms with Crippen LogP contribution < -0.4 is 0 Å². The fraction of sp³-hybridized carbons (Fsp3) is 1.00. The van der Waals surface area contributed by atoms with Crippen molar-refractivity contribution in [1.29, 1.82) is 0 Å². The van der Waals surface area contributed by atoms with Gasteiger partial charge in [0.05, 0.1) is 13.2 Å². The molecule has 2 atom stereocenters. The van der Waals surface area contributed by atoms with Gasteiger partial charge in [-0.05, 0) is 20.3 Å². The predicted octanol–water partition coefficient (Wildman–Crippen LogP) is 1.38. The molecule has 102 valence electrons. The molecule has 17 heavy (non-hydrogen) atoms. The summed E-state index contributed by atoms with van der Waals surface area (Å²) in [6.45, 7) is 8.46. The van der Waals surface area contributed by atoms with Gasteiger partial charge in [0.2, 0.25) is 0 Å². The second-order valence-electron chi connectivity index (χ2n) is 3.86. The summed E-state index contributed by atoms with van der Waals surface area (Å²) in [7, 11) is -1.08. The van der Waals surface area contributed by atoms with Crippen LogP contribution in [0.5, 0.6) is 0 Å². The molecule has 0 radical (unpaired) electrons. The largest absolute Gasteiger partial charge is 0.531 e. The van der Waals surface area contributed by atoms with E-state index >= 15 is 0 Å². The maximum absolute atomic E-state index is 5.84.